The average Bonchev–Trinajstić information content (AvgIpc) is 2.66. The molecule has 1 saturated heterocycles. The Morgan fingerprint density at radius 1 is 1.19 bits per heavy atom. The van der Waals surface area contributed by atoms with Crippen LogP contribution in [0, 0.1) is 11.8 Å². The van der Waals surface area contributed by atoms with Crippen molar-refractivity contribution in [2.45, 2.75) is 26.8 Å². The maximum atomic E-state index is 12.1. The smallest absolute Gasteiger partial charge is 0.232 e. The summed E-state index contributed by atoms with van der Waals surface area (Å²) in [5.41, 5.74) is 7.01. The predicted molar refractivity (Wildman–Crippen MR) is 79.6 cm³/mol. The summed E-state index contributed by atoms with van der Waals surface area (Å²) in [7, 11) is 0. The van der Waals surface area contributed by atoms with E-state index < -0.39 is 6.04 Å². The van der Waals surface area contributed by atoms with Crippen molar-refractivity contribution in [3.05, 3.63) is 29.8 Å². The summed E-state index contributed by atoms with van der Waals surface area (Å²) in [6, 6.07) is 7.01. The predicted octanol–water partition coefficient (Wildman–Crippen LogP) is 1.73. The molecule has 0 aromatic heterocycles. The number of rotatable bonds is 5. The topological polar surface area (TPSA) is 72.6 Å². The van der Waals surface area contributed by atoms with E-state index >= 15 is 0 Å². The molecule has 2 amide bonds. The summed E-state index contributed by atoms with van der Waals surface area (Å²) in [5.74, 6) is -0.125. The summed E-state index contributed by atoms with van der Waals surface area (Å²) in [6.07, 6.45) is 0. The lowest BCUT2D eigenvalue weighted by atomic mass is 10.00. The molecule has 0 saturated carbocycles. The van der Waals surface area contributed by atoms with Crippen LogP contribution in [0.3, 0.4) is 0 Å². The number of benzene rings is 1. The highest BCUT2D eigenvalue weighted by molar-refractivity contribution is 6.04. The number of hydrogen-bond donors (Lipinski definition) is 1. The zero-order valence-electron chi connectivity index (χ0n) is 12.7. The van der Waals surface area contributed by atoms with Gasteiger partial charge in [-0.1, -0.05) is 32.0 Å². The fraction of sp³-hybridized carbons (Fsp3) is 0.500. The molecule has 0 radical (unpaired) electrons. The van der Waals surface area contributed by atoms with Crippen LogP contribution < -0.4 is 10.5 Å². The van der Waals surface area contributed by atoms with Gasteiger partial charge in [0, 0.05) is 23.9 Å². The third kappa shape index (κ3) is 2.93. The quantitative estimate of drug-likeness (QED) is 0.838. The molecule has 21 heavy (non-hydrogen) atoms. The fourth-order valence-corrected chi connectivity index (χ4v) is 2.58. The number of nitrogens with two attached hydrogens (primary N) is 1. The van der Waals surface area contributed by atoms with Gasteiger partial charge in [0.2, 0.25) is 11.8 Å². The van der Waals surface area contributed by atoms with E-state index in [0.29, 0.717) is 12.4 Å². The molecule has 1 aliphatic rings. The van der Waals surface area contributed by atoms with Crippen molar-refractivity contribution >= 4 is 11.8 Å². The van der Waals surface area contributed by atoms with Crippen molar-refractivity contribution in [1.29, 1.82) is 0 Å². The molecule has 2 N–H and O–H groups in total. The van der Waals surface area contributed by atoms with Crippen molar-refractivity contribution in [3.63, 3.8) is 0 Å². The van der Waals surface area contributed by atoms with Gasteiger partial charge >= 0.3 is 0 Å². The van der Waals surface area contributed by atoms with Crippen LogP contribution in [-0.2, 0) is 9.59 Å². The Bertz CT molecular complexity index is 524. The molecule has 3 unspecified atom stereocenters. The van der Waals surface area contributed by atoms with Crippen molar-refractivity contribution in [2.24, 2.45) is 17.6 Å². The van der Waals surface area contributed by atoms with Gasteiger partial charge in [-0.15, -0.1) is 0 Å². The van der Waals surface area contributed by atoms with E-state index in [-0.39, 0.29) is 30.2 Å². The lowest BCUT2D eigenvalue weighted by Gasteiger charge is -2.22. The molecule has 1 aromatic carbocycles. The van der Waals surface area contributed by atoms with Crippen LogP contribution in [0.2, 0.25) is 0 Å². The molecule has 1 fully saturated rings. The van der Waals surface area contributed by atoms with Gasteiger partial charge in [-0.25, -0.2) is 0 Å². The highest BCUT2D eigenvalue weighted by Gasteiger charge is 2.42. The van der Waals surface area contributed by atoms with E-state index in [1.807, 2.05) is 31.2 Å². The fourth-order valence-electron chi connectivity index (χ4n) is 2.58. The monoisotopic (exact) mass is 290 g/mol. The molecule has 3 atom stereocenters. The summed E-state index contributed by atoms with van der Waals surface area (Å²) < 4.78 is 5.55. The minimum atomic E-state index is -0.446. The van der Waals surface area contributed by atoms with Crippen LogP contribution in [-0.4, -0.2) is 29.9 Å². The lowest BCUT2D eigenvalue weighted by molar-refractivity contribution is -0.140. The minimum Gasteiger partial charge on any atom is -0.494 e. The molecule has 0 spiro atoms. The van der Waals surface area contributed by atoms with Gasteiger partial charge in [-0.3, -0.25) is 14.5 Å². The average molecular weight is 290 g/mol. The van der Waals surface area contributed by atoms with Crippen LogP contribution >= 0.6 is 0 Å². The number of carbonyl (C=O) groups is 2. The van der Waals surface area contributed by atoms with Crippen LogP contribution in [0.4, 0.5) is 0 Å². The van der Waals surface area contributed by atoms with Crippen LogP contribution in [0.5, 0.6) is 5.75 Å². The molecule has 0 aliphatic carbocycles. The van der Waals surface area contributed by atoms with E-state index in [0.717, 1.165) is 5.56 Å². The second-order valence-electron chi connectivity index (χ2n) is 5.44. The van der Waals surface area contributed by atoms with E-state index in [1.165, 1.54) is 4.90 Å². The van der Waals surface area contributed by atoms with Gasteiger partial charge in [0.25, 0.3) is 0 Å². The van der Waals surface area contributed by atoms with Crippen LogP contribution in [0.25, 0.3) is 0 Å². The van der Waals surface area contributed by atoms with E-state index in [9.17, 15) is 9.59 Å². The first-order valence-corrected chi connectivity index (χ1v) is 7.29. The van der Waals surface area contributed by atoms with Crippen molar-refractivity contribution in [1.82, 2.24) is 4.90 Å². The molecule has 1 heterocycles. The normalized spacial score (nSPS) is 23.5. The SMILES string of the molecule is CCOc1ccccc1C(N)CN1C(=O)C(C)C(C)C1=O. The van der Waals surface area contributed by atoms with E-state index in [2.05, 4.69) is 0 Å². The molecule has 5 heteroatoms. The number of amides is 2. The Labute approximate surface area is 125 Å². The number of ether oxygens (including phenoxy) is 1. The number of carbonyl (C=O) groups excluding carboxylic acids is 2. The van der Waals surface area contributed by atoms with E-state index in [4.69, 9.17) is 10.5 Å². The second kappa shape index (κ2) is 6.26. The number of hydrogen-bond acceptors (Lipinski definition) is 4. The summed E-state index contributed by atoms with van der Waals surface area (Å²) >= 11 is 0. The van der Waals surface area contributed by atoms with Crippen molar-refractivity contribution in [2.75, 3.05) is 13.2 Å². The first kappa shape index (κ1) is 15.5. The highest BCUT2D eigenvalue weighted by Crippen LogP contribution is 2.29. The number of para-hydroxylation sites is 1. The largest absolute Gasteiger partial charge is 0.494 e. The van der Waals surface area contributed by atoms with Gasteiger partial charge in [0.15, 0.2) is 0 Å². The first-order valence-electron chi connectivity index (χ1n) is 7.29. The Kier molecular flexibility index (Phi) is 4.63. The third-order valence-corrected chi connectivity index (χ3v) is 4.06. The summed E-state index contributed by atoms with van der Waals surface area (Å²) in [4.78, 5) is 25.5. The van der Waals surface area contributed by atoms with Crippen molar-refractivity contribution in [3.8, 4) is 5.75 Å². The van der Waals surface area contributed by atoms with Gasteiger partial charge in [-0.05, 0) is 13.0 Å². The van der Waals surface area contributed by atoms with Crippen LogP contribution in [0.15, 0.2) is 24.3 Å². The zero-order valence-corrected chi connectivity index (χ0v) is 12.7. The molecule has 1 aliphatic heterocycles. The van der Waals surface area contributed by atoms with Gasteiger partial charge in [0.1, 0.15) is 5.75 Å². The molecular formula is C16H22N2O3. The maximum Gasteiger partial charge on any atom is 0.232 e. The molecule has 2 rings (SSSR count). The summed E-state index contributed by atoms with van der Waals surface area (Å²) in [6.45, 7) is 6.20. The lowest BCUT2D eigenvalue weighted by Crippen LogP contribution is -2.37. The molecular weight excluding hydrogens is 268 g/mol. The van der Waals surface area contributed by atoms with E-state index in [1.54, 1.807) is 13.8 Å². The Morgan fingerprint density at radius 3 is 2.33 bits per heavy atom. The molecule has 114 valence electrons. The molecule has 5 nitrogen and oxygen atoms in total. The van der Waals surface area contributed by atoms with Crippen molar-refractivity contribution < 1.29 is 14.3 Å². The van der Waals surface area contributed by atoms with Gasteiger partial charge in [0.05, 0.1) is 12.6 Å². The number of nitrogens with zero attached hydrogens (tertiary/aromatic N) is 1. The second-order valence-corrected chi connectivity index (χ2v) is 5.44. The Morgan fingerprint density at radius 2 is 1.76 bits per heavy atom. The zero-order chi connectivity index (χ0) is 15.6. The summed E-state index contributed by atoms with van der Waals surface area (Å²) in [5, 5.41) is 0. The first-order chi connectivity index (χ1) is 9.97. The number of imide groups is 1. The van der Waals surface area contributed by atoms with Crippen LogP contribution in [0.1, 0.15) is 32.4 Å². The number of likely N-dealkylation sites (tertiary alicyclic amines) is 1. The highest BCUT2D eigenvalue weighted by atomic mass is 16.5. The maximum absolute atomic E-state index is 12.1. The third-order valence-electron chi connectivity index (χ3n) is 4.06. The minimum absolute atomic E-state index is 0.142. The van der Waals surface area contributed by atoms with Gasteiger partial charge in [-0.2, -0.15) is 0 Å². The standard InChI is InChI=1S/C16H22N2O3/c1-4-21-14-8-6-5-7-12(14)13(17)9-18-15(19)10(2)11(3)16(18)20/h5-8,10-11,13H,4,9,17H2,1-3H3. The Balaban J connectivity index is 2.17. The van der Waals surface area contributed by atoms with Gasteiger partial charge < -0.3 is 10.5 Å². The molecule has 0 bridgehead atoms. The Hall–Kier alpha value is -1.88. The molecule has 1 aromatic rings.